The molecule has 0 bridgehead atoms. The molecule has 0 amide bonds. The van der Waals surface area contributed by atoms with Gasteiger partial charge in [0.05, 0.1) is 0 Å². The molecule has 0 aliphatic rings. The predicted octanol–water partition coefficient (Wildman–Crippen LogP) is 4.05. The molecule has 1 rings (SSSR count). The fraction of sp³-hybridized carbons (Fsp3) is 0.625. The molecule has 1 heterocycles. The molecule has 0 radical (unpaired) electrons. The number of hydrogen-bond donors (Lipinski definition) is 0. The predicted molar refractivity (Wildman–Crippen MR) is 75.4 cm³/mol. The van der Waals surface area contributed by atoms with Crippen LogP contribution in [-0.2, 0) is 11.2 Å². The number of hydrogen-bond acceptors (Lipinski definition) is 2. The molecule has 0 spiro atoms. The van der Waals surface area contributed by atoms with Crippen LogP contribution >= 0.6 is 0 Å². The summed E-state index contributed by atoms with van der Waals surface area (Å²) in [6.45, 7) is 6.28. The minimum atomic E-state index is 0.211. The molecule has 0 aliphatic heterocycles. The van der Waals surface area contributed by atoms with E-state index in [0.717, 1.165) is 32.1 Å². The number of aryl methyl sites for hydroxylation is 1. The lowest BCUT2D eigenvalue weighted by Crippen LogP contribution is -2.16. The normalized spacial score (nSPS) is 12.7. The summed E-state index contributed by atoms with van der Waals surface area (Å²) in [4.78, 5) is 15.9. The first-order valence-corrected chi connectivity index (χ1v) is 7.03. The minimum absolute atomic E-state index is 0.211. The zero-order chi connectivity index (χ0) is 13.4. The van der Waals surface area contributed by atoms with E-state index in [0.29, 0.717) is 11.7 Å². The number of aromatic nitrogens is 1. The summed E-state index contributed by atoms with van der Waals surface area (Å²) in [6.07, 6.45) is 8.84. The first kappa shape index (κ1) is 14.9. The first-order valence-electron chi connectivity index (χ1n) is 7.03. The van der Waals surface area contributed by atoms with Gasteiger partial charge in [0.2, 0.25) is 0 Å². The Hall–Kier alpha value is -1.18. The number of Topliss-reactive ketones (excluding diaryl/α,β-unsaturated/α-hetero) is 1. The molecule has 1 atom stereocenters. The van der Waals surface area contributed by atoms with E-state index in [1.165, 1.54) is 5.56 Å². The summed E-state index contributed by atoms with van der Waals surface area (Å²) in [7, 11) is 0. The maximum atomic E-state index is 11.8. The van der Waals surface area contributed by atoms with E-state index in [1.807, 2.05) is 19.2 Å². The molecule has 1 aromatic rings. The van der Waals surface area contributed by atoms with Gasteiger partial charge in [-0.3, -0.25) is 9.78 Å². The Labute approximate surface area is 111 Å². The van der Waals surface area contributed by atoms with Gasteiger partial charge in [0.25, 0.3) is 0 Å². The van der Waals surface area contributed by atoms with Crippen LogP contribution in [0.25, 0.3) is 0 Å². The van der Waals surface area contributed by atoms with Crippen LogP contribution in [0, 0.1) is 11.8 Å². The van der Waals surface area contributed by atoms with Gasteiger partial charge in [-0.1, -0.05) is 33.3 Å². The van der Waals surface area contributed by atoms with E-state index in [-0.39, 0.29) is 5.92 Å². The molecule has 0 N–H and O–H groups in total. The maximum absolute atomic E-state index is 11.8. The van der Waals surface area contributed by atoms with Gasteiger partial charge in [-0.25, -0.2) is 0 Å². The largest absolute Gasteiger partial charge is 0.299 e. The number of unbranched alkanes of at least 4 members (excludes halogenated alkanes) is 2. The highest BCUT2D eigenvalue weighted by Gasteiger charge is 2.15. The van der Waals surface area contributed by atoms with Crippen molar-refractivity contribution >= 4 is 5.78 Å². The van der Waals surface area contributed by atoms with Crippen LogP contribution in [0.4, 0.5) is 0 Å². The summed E-state index contributed by atoms with van der Waals surface area (Å²) in [5.41, 5.74) is 1.29. The summed E-state index contributed by atoms with van der Waals surface area (Å²) in [5, 5.41) is 0. The molecule has 0 aliphatic carbocycles. The summed E-state index contributed by atoms with van der Waals surface area (Å²) < 4.78 is 0. The van der Waals surface area contributed by atoms with Gasteiger partial charge < -0.3 is 0 Å². The van der Waals surface area contributed by atoms with Gasteiger partial charge in [0.1, 0.15) is 5.78 Å². The number of carbonyl (C=O) groups excluding carboxylic acids is 1. The van der Waals surface area contributed by atoms with Crippen LogP contribution in [0.15, 0.2) is 24.5 Å². The Morgan fingerprint density at radius 1 is 1.22 bits per heavy atom. The number of rotatable bonds is 8. The lowest BCUT2D eigenvalue weighted by Gasteiger charge is -2.13. The number of nitrogens with zero attached hydrogens (tertiary/aromatic N) is 1. The van der Waals surface area contributed by atoms with Crippen molar-refractivity contribution in [2.24, 2.45) is 11.8 Å². The molecule has 0 aromatic carbocycles. The Balaban J connectivity index is 2.11. The van der Waals surface area contributed by atoms with Gasteiger partial charge in [0, 0.05) is 24.7 Å². The van der Waals surface area contributed by atoms with Gasteiger partial charge >= 0.3 is 0 Å². The Morgan fingerprint density at radius 3 is 2.61 bits per heavy atom. The molecule has 18 heavy (non-hydrogen) atoms. The highest BCUT2D eigenvalue weighted by molar-refractivity contribution is 5.80. The van der Waals surface area contributed by atoms with Crippen LogP contribution in [-0.4, -0.2) is 10.8 Å². The molecule has 1 unspecified atom stereocenters. The van der Waals surface area contributed by atoms with E-state index < -0.39 is 0 Å². The van der Waals surface area contributed by atoms with Crippen LogP contribution in [0.3, 0.4) is 0 Å². The second-order valence-corrected chi connectivity index (χ2v) is 5.42. The fourth-order valence-corrected chi connectivity index (χ4v) is 1.95. The Bertz CT molecular complexity index is 345. The number of pyridine rings is 1. The van der Waals surface area contributed by atoms with Crippen molar-refractivity contribution in [2.75, 3.05) is 0 Å². The molecule has 2 heteroatoms. The zero-order valence-electron chi connectivity index (χ0n) is 11.9. The summed E-state index contributed by atoms with van der Waals surface area (Å²) in [6, 6.07) is 4.09. The third-order valence-corrected chi connectivity index (χ3v) is 3.62. The second kappa shape index (κ2) is 8.02. The van der Waals surface area contributed by atoms with Crippen molar-refractivity contribution in [1.29, 1.82) is 0 Å². The third-order valence-electron chi connectivity index (χ3n) is 3.62. The third kappa shape index (κ3) is 5.44. The first-order chi connectivity index (χ1) is 8.61. The van der Waals surface area contributed by atoms with Gasteiger partial charge in [-0.2, -0.15) is 0 Å². The molecular formula is C16H25NO. The van der Waals surface area contributed by atoms with E-state index >= 15 is 0 Å². The summed E-state index contributed by atoms with van der Waals surface area (Å²) in [5.74, 6) is 1.10. The molecule has 0 saturated carbocycles. The average Bonchev–Trinajstić information content (AvgIpc) is 2.38. The lowest BCUT2D eigenvalue weighted by atomic mass is 9.91. The highest BCUT2D eigenvalue weighted by atomic mass is 16.1. The van der Waals surface area contributed by atoms with Crippen molar-refractivity contribution in [3.63, 3.8) is 0 Å². The zero-order valence-corrected chi connectivity index (χ0v) is 11.9. The van der Waals surface area contributed by atoms with Gasteiger partial charge in [-0.15, -0.1) is 0 Å². The molecular weight excluding hydrogens is 222 g/mol. The SMILES string of the molecule is CC(C)C(C)C(=O)CCCCCc1cccnc1. The van der Waals surface area contributed by atoms with Crippen molar-refractivity contribution in [1.82, 2.24) is 4.98 Å². The van der Waals surface area contributed by atoms with Gasteiger partial charge in [-0.05, 0) is 36.8 Å². The lowest BCUT2D eigenvalue weighted by molar-refractivity contribution is -0.123. The van der Waals surface area contributed by atoms with Crippen LogP contribution in [0.1, 0.15) is 52.0 Å². The van der Waals surface area contributed by atoms with E-state index in [2.05, 4.69) is 24.9 Å². The Morgan fingerprint density at radius 2 is 2.00 bits per heavy atom. The number of carbonyl (C=O) groups is 1. The van der Waals surface area contributed by atoms with Crippen LogP contribution < -0.4 is 0 Å². The van der Waals surface area contributed by atoms with Crippen molar-refractivity contribution in [3.05, 3.63) is 30.1 Å². The van der Waals surface area contributed by atoms with Crippen LogP contribution in [0.5, 0.6) is 0 Å². The quantitative estimate of drug-likeness (QED) is 0.649. The molecule has 1 aromatic heterocycles. The summed E-state index contributed by atoms with van der Waals surface area (Å²) >= 11 is 0. The van der Waals surface area contributed by atoms with Gasteiger partial charge in [0.15, 0.2) is 0 Å². The van der Waals surface area contributed by atoms with Crippen molar-refractivity contribution in [2.45, 2.75) is 52.9 Å². The Kier molecular flexibility index (Phi) is 6.63. The van der Waals surface area contributed by atoms with E-state index in [1.54, 1.807) is 6.20 Å². The molecule has 0 saturated heterocycles. The topological polar surface area (TPSA) is 30.0 Å². The van der Waals surface area contributed by atoms with Crippen molar-refractivity contribution in [3.8, 4) is 0 Å². The van der Waals surface area contributed by atoms with Crippen LogP contribution in [0.2, 0.25) is 0 Å². The molecule has 0 fully saturated rings. The fourth-order valence-electron chi connectivity index (χ4n) is 1.95. The number of ketones is 1. The second-order valence-electron chi connectivity index (χ2n) is 5.42. The standard InChI is InChI=1S/C16H25NO/c1-13(2)14(3)16(18)10-6-4-5-8-15-9-7-11-17-12-15/h7,9,11-14H,4-6,8,10H2,1-3H3. The van der Waals surface area contributed by atoms with E-state index in [4.69, 9.17) is 0 Å². The highest BCUT2D eigenvalue weighted by Crippen LogP contribution is 2.15. The maximum Gasteiger partial charge on any atom is 0.135 e. The van der Waals surface area contributed by atoms with Crippen molar-refractivity contribution < 1.29 is 4.79 Å². The molecule has 2 nitrogen and oxygen atoms in total. The monoisotopic (exact) mass is 247 g/mol. The average molecular weight is 247 g/mol. The van der Waals surface area contributed by atoms with E-state index in [9.17, 15) is 4.79 Å². The minimum Gasteiger partial charge on any atom is -0.299 e. The smallest absolute Gasteiger partial charge is 0.135 e. The molecule has 100 valence electrons.